The van der Waals surface area contributed by atoms with Crippen LogP contribution in [0.2, 0.25) is 0 Å². The summed E-state index contributed by atoms with van der Waals surface area (Å²) in [7, 11) is 0. The van der Waals surface area contributed by atoms with E-state index in [-0.39, 0.29) is 23.4 Å². The van der Waals surface area contributed by atoms with E-state index in [1.165, 1.54) is 6.07 Å². The van der Waals surface area contributed by atoms with Crippen molar-refractivity contribution in [1.29, 1.82) is 0 Å². The third-order valence-corrected chi connectivity index (χ3v) is 3.33. The van der Waals surface area contributed by atoms with Gasteiger partial charge in [-0.2, -0.15) is 0 Å². The summed E-state index contributed by atoms with van der Waals surface area (Å²) in [6.07, 6.45) is 0.871. The molecule has 1 aromatic rings. The fraction of sp³-hybridized carbons (Fsp3) is 0.364. The minimum atomic E-state index is -0.253. The Hall–Kier alpha value is -0.700. The Morgan fingerprint density at radius 1 is 1.57 bits per heavy atom. The Bertz CT molecular complexity index is 389. The van der Waals surface area contributed by atoms with Crippen LogP contribution < -0.4 is 0 Å². The van der Waals surface area contributed by atoms with E-state index < -0.39 is 0 Å². The maximum atomic E-state index is 13.2. The summed E-state index contributed by atoms with van der Waals surface area (Å²) in [4.78, 5) is 11.0. The molecule has 0 N–H and O–H groups in total. The van der Waals surface area contributed by atoms with Crippen molar-refractivity contribution in [3.63, 3.8) is 0 Å². The van der Waals surface area contributed by atoms with Crippen molar-refractivity contribution in [3.05, 3.63) is 34.1 Å². The van der Waals surface area contributed by atoms with Crippen LogP contribution in [0.15, 0.2) is 22.7 Å². The van der Waals surface area contributed by atoms with Gasteiger partial charge in [-0.25, -0.2) is 4.39 Å². The van der Waals surface area contributed by atoms with Crippen LogP contribution in [0.3, 0.4) is 0 Å². The van der Waals surface area contributed by atoms with E-state index in [0.717, 1.165) is 12.0 Å². The van der Waals surface area contributed by atoms with Gasteiger partial charge in [0, 0.05) is 5.92 Å². The van der Waals surface area contributed by atoms with Gasteiger partial charge in [0.2, 0.25) is 0 Å². The van der Waals surface area contributed by atoms with Crippen molar-refractivity contribution in [1.82, 2.24) is 0 Å². The van der Waals surface area contributed by atoms with Crippen molar-refractivity contribution >= 4 is 21.7 Å². The van der Waals surface area contributed by atoms with Crippen LogP contribution in [0.25, 0.3) is 0 Å². The van der Waals surface area contributed by atoms with E-state index in [9.17, 15) is 9.18 Å². The lowest BCUT2D eigenvalue weighted by atomic mass is 10.1. The highest BCUT2D eigenvalue weighted by Crippen LogP contribution is 2.48. The van der Waals surface area contributed by atoms with E-state index in [0.29, 0.717) is 4.47 Å². The Balaban J connectivity index is 2.20. The third kappa shape index (κ3) is 1.73. The standard InChI is InChI=1S/C11H10BrFO/c1-6(14)8-5-9(8)7-2-3-10(12)11(13)4-7/h2-4,8-9H,5H2,1H3. The lowest BCUT2D eigenvalue weighted by molar-refractivity contribution is -0.118. The molecule has 1 aromatic carbocycles. The first-order valence-corrected chi connectivity index (χ1v) is 5.34. The molecule has 3 heteroatoms. The quantitative estimate of drug-likeness (QED) is 0.794. The molecule has 2 atom stereocenters. The fourth-order valence-electron chi connectivity index (χ4n) is 1.76. The molecule has 2 unspecified atom stereocenters. The van der Waals surface area contributed by atoms with Crippen LogP contribution in [0.1, 0.15) is 24.8 Å². The number of carbonyl (C=O) groups excluding carboxylic acids is 1. The number of Topliss-reactive ketones (excluding diaryl/α,β-unsaturated/α-hetero) is 1. The summed E-state index contributed by atoms with van der Waals surface area (Å²) in [6.45, 7) is 1.60. The van der Waals surface area contributed by atoms with Gasteiger partial charge >= 0.3 is 0 Å². The number of halogens is 2. The second-order valence-corrected chi connectivity index (χ2v) is 4.59. The summed E-state index contributed by atoms with van der Waals surface area (Å²) < 4.78 is 13.6. The zero-order valence-corrected chi connectivity index (χ0v) is 9.34. The number of hydrogen-bond acceptors (Lipinski definition) is 1. The molecule has 1 fully saturated rings. The molecule has 0 aromatic heterocycles. The van der Waals surface area contributed by atoms with E-state index in [1.807, 2.05) is 6.07 Å². The minimum Gasteiger partial charge on any atom is -0.300 e. The van der Waals surface area contributed by atoms with E-state index in [1.54, 1.807) is 13.0 Å². The van der Waals surface area contributed by atoms with Crippen molar-refractivity contribution in [2.75, 3.05) is 0 Å². The summed E-state index contributed by atoms with van der Waals surface area (Å²) in [5.74, 6) is 0.320. The molecule has 1 saturated carbocycles. The molecule has 0 spiro atoms. The summed E-state index contributed by atoms with van der Waals surface area (Å²) in [5, 5.41) is 0. The largest absolute Gasteiger partial charge is 0.300 e. The van der Waals surface area contributed by atoms with Crippen LogP contribution in [0.4, 0.5) is 4.39 Å². The SMILES string of the molecule is CC(=O)C1CC1c1ccc(Br)c(F)c1. The third-order valence-electron chi connectivity index (χ3n) is 2.68. The van der Waals surface area contributed by atoms with Gasteiger partial charge in [0.15, 0.2) is 0 Å². The molecule has 0 bridgehead atoms. The molecule has 74 valence electrons. The molecule has 14 heavy (non-hydrogen) atoms. The summed E-state index contributed by atoms with van der Waals surface area (Å²) in [5.41, 5.74) is 0.936. The number of benzene rings is 1. The first kappa shape index (κ1) is 9.84. The Morgan fingerprint density at radius 3 is 2.79 bits per heavy atom. The normalized spacial score (nSPS) is 24.8. The van der Waals surface area contributed by atoms with Crippen LogP contribution in [-0.2, 0) is 4.79 Å². The van der Waals surface area contributed by atoms with E-state index in [2.05, 4.69) is 15.9 Å². The van der Waals surface area contributed by atoms with Crippen molar-refractivity contribution in [2.45, 2.75) is 19.3 Å². The number of rotatable bonds is 2. The van der Waals surface area contributed by atoms with Crippen LogP contribution in [0, 0.1) is 11.7 Å². The molecule has 1 aliphatic carbocycles. The molecule has 0 amide bonds. The van der Waals surface area contributed by atoms with E-state index >= 15 is 0 Å². The average Bonchev–Trinajstić information content (AvgIpc) is 2.89. The van der Waals surface area contributed by atoms with Crippen molar-refractivity contribution in [2.24, 2.45) is 5.92 Å². The molecule has 0 radical (unpaired) electrons. The van der Waals surface area contributed by atoms with Crippen LogP contribution in [0.5, 0.6) is 0 Å². The van der Waals surface area contributed by atoms with Gasteiger partial charge in [-0.3, -0.25) is 4.79 Å². The number of ketones is 1. The summed E-state index contributed by atoms with van der Waals surface area (Å²) in [6, 6.07) is 5.08. The lowest BCUT2D eigenvalue weighted by Crippen LogP contribution is -1.95. The second-order valence-electron chi connectivity index (χ2n) is 3.73. The molecule has 0 aliphatic heterocycles. The molecule has 1 aliphatic rings. The molecule has 0 heterocycles. The highest BCUT2D eigenvalue weighted by Gasteiger charge is 2.41. The molecular weight excluding hydrogens is 247 g/mol. The van der Waals surface area contributed by atoms with Crippen LogP contribution >= 0.6 is 15.9 Å². The van der Waals surface area contributed by atoms with Gasteiger partial charge in [-0.1, -0.05) is 6.07 Å². The highest BCUT2D eigenvalue weighted by molar-refractivity contribution is 9.10. The summed E-state index contributed by atoms with van der Waals surface area (Å²) >= 11 is 3.10. The highest BCUT2D eigenvalue weighted by atomic mass is 79.9. The average molecular weight is 257 g/mol. The molecule has 2 rings (SSSR count). The van der Waals surface area contributed by atoms with E-state index in [4.69, 9.17) is 0 Å². The van der Waals surface area contributed by atoms with Gasteiger partial charge < -0.3 is 0 Å². The number of carbonyl (C=O) groups is 1. The van der Waals surface area contributed by atoms with Gasteiger partial charge in [-0.05, 0) is 52.9 Å². The second kappa shape index (κ2) is 3.46. The monoisotopic (exact) mass is 256 g/mol. The lowest BCUT2D eigenvalue weighted by Gasteiger charge is -2.00. The Kier molecular flexibility index (Phi) is 2.43. The smallest absolute Gasteiger partial charge is 0.137 e. The fourth-order valence-corrected chi connectivity index (χ4v) is 2.00. The zero-order valence-electron chi connectivity index (χ0n) is 7.76. The van der Waals surface area contributed by atoms with Crippen LogP contribution in [-0.4, -0.2) is 5.78 Å². The first-order chi connectivity index (χ1) is 6.59. The van der Waals surface area contributed by atoms with Gasteiger partial charge in [0.25, 0.3) is 0 Å². The maximum Gasteiger partial charge on any atom is 0.137 e. The Labute approximate surface area is 90.4 Å². The van der Waals surface area contributed by atoms with Crippen molar-refractivity contribution in [3.8, 4) is 0 Å². The number of hydrogen-bond donors (Lipinski definition) is 0. The minimum absolute atomic E-state index is 0.121. The van der Waals surface area contributed by atoms with Gasteiger partial charge in [-0.15, -0.1) is 0 Å². The molecule has 0 saturated heterocycles. The molecular formula is C11H10BrFO. The van der Waals surface area contributed by atoms with Gasteiger partial charge in [0.1, 0.15) is 11.6 Å². The Morgan fingerprint density at radius 2 is 2.29 bits per heavy atom. The maximum absolute atomic E-state index is 13.2. The molecule has 1 nitrogen and oxygen atoms in total. The van der Waals surface area contributed by atoms with Gasteiger partial charge in [0.05, 0.1) is 4.47 Å². The van der Waals surface area contributed by atoms with Crippen molar-refractivity contribution < 1.29 is 9.18 Å². The topological polar surface area (TPSA) is 17.1 Å². The first-order valence-electron chi connectivity index (χ1n) is 4.55. The zero-order chi connectivity index (χ0) is 10.3. The predicted molar refractivity (Wildman–Crippen MR) is 55.6 cm³/mol. The predicted octanol–water partition coefficient (Wildman–Crippen LogP) is 3.28.